The highest BCUT2D eigenvalue weighted by molar-refractivity contribution is 5.90. The second-order valence-corrected chi connectivity index (χ2v) is 11.8. The highest BCUT2D eigenvalue weighted by Gasteiger charge is 2.25. The number of benzene rings is 3. The van der Waals surface area contributed by atoms with Gasteiger partial charge < -0.3 is 24.4 Å². The molecule has 1 saturated heterocycles. The summed E-state index contributed by atoms with van der Waals surface area (Å²) >= 11 is 0. The van der Waals surface area contributed by atoms with Gasteiger partial charge in [-0.25, -0.2) is 10.3 Å². The molecule has 46 heavy (non-hydrogen) atoms. The van der Waals surface area contributed by atoms with E-state index in [9.17, 15) is 9.59 Å². The molecule has 3 aliphatic heterocycles. The second kappa shape index (κ2) is 15.1. The largest absolute Gasteiger partial charge is 0.454 e. The fourth-order valence-electron chi connectivity index (χ4n) is 6.16. The number of piperazine rings is 1. The molecule has 242 valence electrons. The van der Waals surface area contributed by atoms with Crippen LogP contribution >= 0.6 is 0 Å². The first-order chi connectivity index (χ1) is 22.5. The summed E-state index contributed by atoms with van der Waals surface area (Å²) in [6.45, 7) is 7.30. The minimum Gasteiger partial charge on any atom is -0.454 e. The number of hydroxylamine groups is 1. The monoisotopic (exact) mass is 627 g/mol. The van der Waals surface area contributed by atoms with Crippen LogP contribution in [0.5, 0.6) is 11.5 Å². The summed E-state index contributed by atoms with van der Waals surface area (Å²) in [6.07, 6.45) is 3.65. The number of anilines is 1. The van der Waals surface area contributed by atoms with E-state index in [4.69, 9.17) is 19.4 Å². The van der Waals surface area contributed by atoms with Crippen LogP contribution < -0.4 is 20.3 Å². The van der Waals surface area contributed by atoms with E-state index in [0.29, 0.717) is 38.7 Å². The lowest BCUT2D eigenvalue weighted by molar-refractivity contribution is -0.124. The van der Waals surface area contributed by atoms with Crippen LogP contribution in [0.4, 0.5) is 10.5 Å². The molecule has 11 nitrogen and oxygen atoms in total. The molecule has 0 saturated carbocycles. The standard InChI is InChI=1S/C35H41N5O6/c41-34(37-43)12-10-26-5-7-27(8-6-26)23-38(14-13-29-22-36-31-4-2-1-3-30(29)31)19-20-44-35(42)40-17-15-39(16-18-40)24-28-9-11-32-33(21-28)46-25-45-32/h1-12,21,29,36,43H,13-20,22-25H2,(H,37,41)/b12-10+. The molecule has 3 heterocycles. The Hall–Kier alpha value is -4.58. The summed E-state index contributed by atoms with van der Waals surface area (Å²) in [5, 5.41) is 12.2. The molecule has 11 heteroatoms. The topological polar surface area (TPSA) is 116 Å². The Morgan fingerprint density at radius 2 is 1.76 bits per heavy atom. The van der Waals surface area contributed by atoms with E-state index in [1.54, 1.807) is 16.5 Å². The van der Waals surface area contributed by atoms with Gasteiger partial charge >= 0.3 is 6.09 Å². The summed E-state index contributed by atoms with van der Waals surface area (Å²) in [5.41, 5.74) is 7.31. The molecule has 3 N–H and O–H groups in total. The maximum absolute atomic E-state index is 13.0. The maximum Gasteiger partial charge on any atom is 0.409 e. The number of hydrogen-bond donors (Lipinski definition) is 3. The lowest BCUT2D eigenvalue weighted by atomic mass is 9.97. The van der Waals surface area contributed by atoms with Crippen LogP contribution in [0.1, 0.15) is 34.6 Å². The minimum absolute atomic E-state index is 0.264. The summed E-state index contributed by atoms with van der Waals surface area (Å²) in [5.74, 6) is 1.43. The predicted octanol–water partition coefficient (Wildman–Crippen LogP) is 4.29. The number of carbonyl (C=O) groups excluding carboxylic acids is 2. The molecule has 0 aliphatic carbocycles. The Balaban J connectivity index is 0.992. The second-order valence-electron chi connectivity index (χ2n) is 11.8. The SMILES string of the molecule is O=C(/C=C/c1ccc(CN(CCOC(=O)N2CCN(Cc3ccc4c(c3)OCO4)CC2)CCC2CNc3ccccc32)cc1)NO. The molecule has 6 rings (SSSR count). The Bertz CT molecular complexity index is 1520. The van der Waals surface area contributed by atoms with Crippen LogP contribution in [-0.4, -0.2) is 91.1 Å². The quantitative estimate of drug-likeness (QED) is 0.154. The van der Waals surface area contributed by atoms with E-state index < -0.39 is 5.91 Å². The van der Waals surface area contributed by atoms with E-state index in [-0.39, 0.29) is 12.9 Å². The third kappa shape index (κ3) is 8.16. The molecule has 0 aromatic heterocycles. The van der Waals surface area contributed by atoms with Crippen LogP contribution in [-0.2, 0) is 22.6 Å². The van der Waals surface area contributed by atoms with E-state index in [2.05, 4.69) is 45.4 Å². The van der Waals surface area contributed by atoms with Gasteiger partial charge in [-0.15, -0.1) is 0 Å². The number of nitrogens with zero attached hydrogens (tertiary/aromatic N) is 3. The van der Waals surface area contributed by atoms with Crippen molar-refractivity contribution in [3.05, 3.63) is 95.1 Å². The van der Waals surface area contributed by atoms with Crippen molar-refractivity contribution in [2.24, 2.45) is 0 Å². The van der Waals surface area contributed by atoms with Gasteiger partial charge in [-0.2, -0.15) is 0 Å². The molecule has 0 spiro atoms. The van der Waals surface area contributed by atoms with Crippen LogP contribution in [0.15, 0.2) is 72.8 Å². The van der Waals surface area contributed by atoms with Gasteiger partial charge in [-0.1, -0.05) is 48.5 Å². The first kappa shape index (κ1) is 31.4. The number of rotatable bonds is 12. The van der Waals surface area contributed by atoms with E-state index in [1.165, 1.54) is 17.3 Å². The van der Waals surface area contributed by atoms with E-state index in [1.807, 2.05) is 36.4 Å². The van der Waals surface area contributed by atoms with Crippen LogP contribution in [0.3, 0.4) is 0 Å². The zero-order valence-corrected chi connectivity index (χ0v) is 25.9. The smallest absolute Gasteiger partial charge is 0.409 e. The van der Waals surface area contributed by atoms with Gasteiger partial charge in [0.2, 0.25) is 6.79 Å². The molecule has 1 unspecified atom stereocenters. The minimum atomic E-state index is -0.573. The van der Waals surface area contributed by atoms with Gasteiger partial charge in [0.1, 0.15) is 6.61 Å². The summed E-state index contributed by atoms with van der Waals surface area (Å²) < 4.78 is 16.7. The van der Waals surface area contributed by atoms with Crippen molar-refractivity contribution in [3.63, 3.8) is 0 Å². The van der Waals surface area contributed by atoms with Crippen LogP contribution in [0.2, 0.25) is 0 Å². The highest BCUT2D eigenvalue weighted by Crippen LogP contribution is 2.34. The number of ether oxygens (including phenoxy) is 3. The molecule has 3 aromatic carbocycles. The molecule has 3 aromatic rings. The molecule has 0 bridgehead atoms. The number of hydrogen-bond acceptors (Lipinski definition) is 9. The summed E-state index contributed by atoms with van der Waals surface area (Å²) in [6, 6.07) is 22.5. The third-order valence-electron chi connectivity index (χ3n) is 8.76. The predicted molar refractivity (Wildman–Crippen MR) is 174 cm³/mol. The van der Waals surface area contributed by atoms with Gasteiger partial charge in [0.05, 0.1) is 0 Å². The van der Waals surface area contributed by atoms with Crippen molar-refractivity contribution < 1.29 is 29.0 Å². The fraction of sp³-hybridized carbons (Fsp3) is 0.371. The number of carbonyl (C=O) groups is 2. The molecule has 1 atom stereocenters. The van der Waals surface area contributed by atoms with Crippen molar-refractivity contribution >= 4 is 23.8 Å². The number of fused-ring (bicyclic) bond motifs is 2. The third-order valence-corrected chi connectivity index (χ3v) is 8.76. The summed E-state index contributed by atoms with van der Waals surface area (Å²) in [7, 11) is 0. The Morgan fingerprint density at radius 1 is 0.978 bits per heavy atom. The van der Waals surface area contributed by atoms with Crippen LogP contribution in [0, 0.1) is 0 Å². The molecule has 1 fully saturated rings. The zero-order valence-electron chi connectivity index (χ0n) is 25.9. The van der Waals surface area contributed by atoms with Gasteiger partial charge in [-0.3, -0.25) is 19.8 Å². The molecular formula is C35H41N5O6. The molecule has 0 radical (unpaired) electrons. The van der Waals surface area contributed by atoms with E-state index >= 15 is 0 Å². The Morgan fingerprint density at radius 3 is 2.59 bits per heavy atom. The number of amides is 2. The van der Waals surface area contributed by atoms with Crippen molar-refractivity contribution in [3.8, 4) is 11.5 Å². The average Bonchev–Trinajstić information content (AvgIpc) is 3.73. The first-order valence-electron chi connectivity index (χ1n) is 15.8. The normalized spacial score (nSPS) is 17.3. The van der Waals surface area contributed by atoms with Crippen LogP contribution in [0.25, 0.3) is 6.08 Å². The van der Waals surface area contributed by atoms with Gasteiger partial charge in [-0.05, 0) is 59.5 Å². The van der Waals surface area contributed by atoms with E-state index in [0.717, 1.165) is 67.3 Å². The lowest BCUT2D eigenvalue weighted by Crippen LogP contribution is -2.48. The average molecular weight is 628 g/mol. The van der Waals surface area contributed by atoms with Crippen molar-refractivity contribution in [1.82, 2.24) is 20.2 Å². The lowest BCUT2D eigenvalue weighted by Gasteiger charge is -2.34. The fourth-order valence-corrected chi connectivity index (χ4v) is 6.16. The molecule has 2 amide bonds. The van der Waals surface area contributed by atoms with Crippen molar-refractivity contribution in [2.75, 3.05) is 64.5 Å². The number of para-hydroxylation sites is 1. The van der Waals surface area contributed by atoms with Gasteiger partial charge in [0.25, 0.3) is 5.91 Å². The Labute approximate surface area is 269 Å². The maximum atomic E-state index is 13.0. The summed E-state index contributed by atoms with van der Waals surface area (Å²) in [4.78, 5) is 30.8. The van der Waals surface area contributed by atoms with Crippen molar-refractivity contribution in [2.45, 2.75) is 25.4 Å². The first-order valence-corrected chi connectivity index (χ1v) is 15.8. The van der Waals surface area contributed by atoms with Crippen molar-refractivity contribution in [1.29, 1.82) is 0 Å². The number of nitrogens with one attached hydrogen (secondary N) is 2. The Kier molecular flexibility index (Phi) is 10.3. The zero-order chi connectivity index (χ0) is 31.7. The van der Waals surface area contributed by atoms with Gasteiger partial charge in [0.15, 0.2) is 11.5 Å². The van der Waals surface area contributed by atoms with Gasteiger partial charge in [0, 0.05) is 70.0 Å². The highest BCUT2D eigenvalue weighted by atomic mass is 16.7. The molecular weight excluding hydrogens is 586 g/mol. The molecule has 3 aliphatic rings.